The summed E-state index contributed by atoms with van der Waals surface area (Å²) in [6, 6.07) is 2.19. The van der Waals surface area contributed by atoms with Crippen molar-refractivity contribution in [2.75, 3.05) is 0 Å². The van der Waals surface area contributed by atoms with E-state index in [-0.39, 0.29) is 0 Å². The standard InChI is InChI=1S/C16H18N4/c1-11(2)5-12-6-14-15(13-8-18-20(4)9-13)10-19(3)16(14)17-7-12/h5-10H,1-4H3. The first-order valence-electron chi connectivity index (χ1n) is 6.63. The van der Waals surface area contributed by atoms with E-state index in [1.54, 1.807) is 0 Å². The second kappa shape index (κ2) is 4.63. The molecule has 3 aromatic heterocycles. The maximum Gasteiger partial charge on any atom is 0.140 e. The summed E-state index contributed by atoms with van der Waals surface area (Å²) >= 11 is 0. The minimum absolute atomic E-state index is 0.995. The van der Waals surface area contributed by atoms with Gasteiger partial charge in [-0.3, -0.25) is 4.68 Å². The summed E-state index contributed by atoms with van der Waals surface area (Å²) in [4.78, 5) is 4.58. The first-order chi connectivity index (χ1) is 9.54. The number of aryl methyl sites for hydroxylation is 2. The van der Waals surface area contributed by atoms with E-state index in [0.29, 0.717) is 0 Å². The average Bonchev–Trinajstić information content (AvgIpc) is 2.93. The molecule has 0 N–H and O–H groups in total. The predicted molar refractivity (Wildman–Crippen MR) is 82.2 cm³/mol. The number of aromatic nitrogens is 4. The Morgan fingerprint density at radius 2 is 1.95 bits per heavy atom. The van der Waals surface area contributed by atoms with Crippen molar-refractivity contribution >= 4 is 17.1 Å². The molecule has 0 aliphatic rings. The summed E-state index contributed by atoms with van der Waals surface area (Å²) in [7, 11) is 3.96. The highest BCUT2D eigenvalue weighted by Gasteiger charge is 2.11. The van der Waals surface area contributed by atoms with Gasteiger partial charge in [-0.25, -0.2) is 4.98 Å². The van der Waals surface area contributed by atoms with E-state index in [1.807, 2.05) is 37.4 Å². The topological polar surface area (TPSA) is 35.6 Å². The van der Waals surface area contributed by atoms with Gasteiger partial charge in [0.25, 0.3) is 0 Å². The van der Waals surface area contributed by atoms with Crippen LogP contribution in [0.5, 0.6) is 0 Å². The molecule has 20 heavy (non-hydrogen) atoms. The third-order valence-electron chi connectivity index (χ3n) is 3.31. The number of fused-ring (bicyclic) bond motifs is 1. The van der Waals surface area contributed by atoms with E-state index in [4.69, 9.17) is 0 Å². The van der Waals surface area contributed by atoms with Gasteiger partial charge >= 0.3 is 0 Å². The monoisotopic (exact) mass is 266 g/mol. The second-order valence-electron chi connectivity index (χ2n) is 5.42. The highest BCUT2D eigenvalue weighted by atomic mass is 15.2. The molecule has 3 heterocycles. The van der Waals surface area contributed by atoms with Gasteiger partial charge < -0.3 is 4.57 Å². The molecule has 0 radical (unpaired) electrons. The third-order valence-corrected chi connectivity index (χ3v) is 3.31. The van der Waals surface area contributed by atoms with Crippen molar-refractivity contribution in [2.24, 2.45) is 14.1 Å². The van der Waals surface area contributed by atoms with Gasteiger partial charge in [-0.2, -0.15) is 5.10 Å². The van der Waals surface area contributed by atoms with E-state index in [1.165, 1.54) is 11.1 Å². The third kappa shape index (κ3) is 2.13. The lowest BCUT2D eigenvalue weighted by Crippen LogP contribution is -1.87. The minimum Gasteiger partial charge on any atom is -0.335 e. The molecule has 0 amide bonds. The molecule has 0 atom stereocenters. The number of rotatable bonds is 2. The molecule has 0 aliphatic heterocycles. The maximum absolute atomic E-state index is 4.58. The molecule has 4 nitrogen and oxygen atoms in total. The van der Waals surface area contributed by atoms with Crippen LogP contribution in [0.15, 0.2) is 36.4 Å². The second-order valence-corrected chi connectivity index (χ2v) is 5.42. The lowest BCUT2D eigenvalue weighted by atomic mass is 10.1. The SMILES string of the molecule is CC(C)=Cc1cnc2c(c1)c(-c1cnn(C)c1)cn2C. The van der Waals surface area contributed by atoms with E-state index in [2.05, 4.69) is 46.8 Å². The molecule has 0 aliphatic carbocycles. The Hall–Kier alpha value is -2.36. The molecular formula is C16H18N4. The van der Waals surface area contributed by atoms with Crippen molar-refractivity contribution in [3.63, 3.8) is 0 Å². The van der Waals surface area contributed by atoms with Crippen LogP contribution in [-0.4, -0.2) is 19.3 Å². The van der Waals surface area contributed by atoms with E-state index in [9.17, 15) is 0 Å². The number of hydrogen-bond acceptors (Lipinski definition) is 2. The summed E-state index contributed by atoms with van der Waals surface area (Å²) in [6.45, 7) is 4.19. The molecule has 0 saturated carbocycles. The first-order valence-corrected chi connectivity index (χ1v) is 6.63. The number of pyridine rings is 1. The molecule has 102 valence electrons. The fourth-order valence-electron chi connectivity index (χ4n) is 2.48. The average molecular weight is 266 g/mol. The number of hydrogen-bond donors (Lipinski definition) is 0. The fraction of sp³-hybridized carbons (Fsp3) is 0.250. The zero-order valence-corrected chi connectivity index (χ0v) is 12.3. The molecule has 0 bridgehead atoms. The van der Waals surface area contributed by atoms with Crippen LogP contribution in [0.4, 0.5) is 0 Å². The molecule has 0 unspecified atom stereocenters. The fourth-order valence-corrected chi connectivity index (χ4v) is 2.48. The van der Waals surface area contributed by atoms with Crippen LogP contribution in [0, 0.1) is 0 Å². The van der Waals surface area contributed by atoms with E-state index >= 15 is 0 Å². The Bertz CT molecular complexity index is 801. The quantitative estimate of drug-likeness (QED) is 0.712. The Labute approximate surface area is 118 Å². The maximum atomic E-state index is 4.58. The van der Waals surface area contributed by atoms with Crippen LogP contribution >= 0.6 is 0 Å². The Kier molecular flexibility index (Phi) is 2.93. The summed E-state index contributed by atoms with van der Waals surface area (Å²) in [6.07, 6.45) is 10.1. The van der Waals surface area contributed by atoms with Crippen molar-refractivity contribution < 1.29 is 0 Å². The molecule has 0 spiro atoms. The smallest absolute Gasteiger partial charge is 0.140 e. The van der Waals surface area contributed by atoms with Gasteiger partial charge in [0.05, 0.1) is 6.20 Å². The highest BCUT2D eigenvalue weighted by Crippen LogP contribution is 2.29. The molecule has 3 rings (SSSR count). The molecular weight excluding hydrogens is 248 g/mol. The highest BCUT2D eigenvalue weighted by molar-refractivity contribution is 5.94. The van der Waals surface area contributed by atoms with Gasteiger partial charge in [0, 0.05) is 49.2 Å². The zero-order valence-electron chi connectivity index (χ0n) is 12.3. The minimum atomic E-state index is 0.995. The van der Waals surface area contributed by atoms with Gasteiger partial charge in [0.15, 0.2) is 0 Å². The van der Waals surface area contributed by atoms with Gasteiger partial charge in [-0.15, -0.1) is 0 Å². The molecule has 4 heteroatoms. The normalized spacial score (nSPS) is 11.0. The van der Waals surface area contributed by atoms with Crippen LogP contribution in [0.25, 0.3) is 28.2 Å². The zero-order chi connectivity index (χ0) is 14.3. The van der Waals surface area contributed by atoms with Gasteiger partial charge in [0.2, 0.25) is 0 Å². The van der Waals surface area contributed by atoms with E-state index in [0.717, 1.165) is 22.2 Å². The van der Waals surface area contributed by atoms with Crippen LogP contribution in [0.1, 0.15) is 19.4 Å². The van der Waals surface area contributed by atoms with Crippen molar-refractivity contribution in [1.29, 1.82) is 0 Å². The summed E-state index contributed by atoms with van der Waals surface area (Å²) in [5.41, 5.74) is 5.69. The van der Waals surface area contributed by atoms with Gasteiger partial charge in [-0.05, 0) is 25.5 Å². The van der Waals surface area contributed by atoms with Crippen molar-refractivity contribution in [2.45, 2.75) is 13.8 Å². The Morgan fingerprint density at radius 1 is 1.15 bits per heavy atom. The van der Waals surface area contributed by atoms with E-state index < -0.39 is 0 Å². The van der Waals surface area contributed by atoms with Crippen LogP contribution in [0.3, 0.4) is 0 Å². The lowest BCUT2D eigenvalue weighted by Gasteiger charge is -1.99. The van der Waals surface area contributed by atoms with Crippen molar-refractivity contribution in [3.05, 3.63) is 42.0 Å². The lowest BCUT2D eigenvalue weighted by molar-refractivity contribution is 0.768. The molecule has 0 fully saturated rings. The summed E-state index contributed by atoms with van der Waals surface area (Å²) in [5.74, 6) is 0. The van der Waals surface area contributed by atoms with Crippen molar-refractivity contribution in [1.82, 2.24) is 19.3 Å². The first kappa shape index (κ1) is 12.7. The summed E-state index contributed by atoms with van der Waals surface area (Å²) < 4.78 is 3.88. The molecule has 0 aromatic carbocycles. The van der Waals surface area contributed by atoms with Gasteiger partial charge in [-0.1, -0.05) is 11.6 Å². The summed E-state index contributed by atoms with van der Waals surface area (Å²) in [5, 5.41) is 5.42. The number of nitrogens with zero attached hydrogens (tertiary/aromatic N) is 4. The predicted octanol–water partition coefficient (Wildman–Crippen LogP) is 3.40. The van der Waals surface area contributed by atoms with Gasteiger partial charge in [0.1, 0.15) is 5.65 Å². The molecule has 3 aromatic rings. The number of allylic oxidation sites excluding steroid dienone is 1. The Balaban J connectivity index is 2.24. The van der Waals surface area contributed by atoms with Crippen LogP contribution in [0.2, 0.25) is 0 Å². The molecule has 0 saturated heterocycles. The largest absolute Gasteiger partial charge is 0.335 e. The van der Waals surface area contributed by atoms with Crippen molar-refractivity contribution in [3.8, 4) is 11.1 Å². The van der Waals surface area contributed by atoms with Crippen LogP contribution < -0.4 is 0 Å². The Morgan fingerprint density at radius 3 is 2.60 bits per heavy atom. The van der Waals surface area contributed by atoms with Crippen LogP contribution in [-0.2, 0) is 14.1 Å².